The zero-order valence-corrected chi connectivity index (χ0v) is 20.8. The lowest BCUT2D eigenvalue weighted by atomic mass is 10.1. The van der Waals surface area contributed by atoms with Crippen molar-refractivity contribution >= 4 is 21.7 Å². The largest absolute Gasteiger partial charge is 0.496 e. The second kappa shape index (κ2) is 11.6. The molecule has 0 bridgehead atoms. The predicted molar refractivity (Wildman–Crippen MR) is 131 cm³/mol. The Morgan fingerprint density at radius 2 is 1.68 bits per heavy atom. The monoisotopic (exact) mass is 540 g/mol. The summed E-state index contributed by atoms with van der Waals surface area (Å²) in [6, 6.07) is 17.7. The van der Waals surface area contributed by atoms with E-state index < -0.39 is 32.3 Å². The van der Waals surface area contributed by atoms with Gasteiger partial charge in [-0.05, 0) is 52.9 Å². The number of carbonyl (C=O) groups excluding carboxylic acids is 1. The van der Waals surface area contributed by atoms with Gasteiger partial charge in [0, 0.05) is 0 Å². The summed E-state index contributed by atoms with van der Waals surface area (Å²) in [4.78, 5) is 12.6. The third kappa shape index (κ3) is 5.81. The molecule has 4 aromatic rings. The van der Waals surface area contributed by atoms with Gasteiger partial charge in [-0.15, -0.1) is 0 Å². The molecule has 0 atom stereocenters. The second-order valence-electron chi connectivity index (χ2n) is 7.64. The van der Waals surface area contributed by atoms with E-state index in [1.54, 1.807) is 24.3 Å². The van der Waals surface area contributed by atoms with Gasteiger partial charge in [-0.1, -0.05) is 42.5 Å². The Kier molecular flexibility index (Phi) is 8.02. The molecular formula is C26H21FN2O8S. The van der Waals surface area contributed by atoms with E-state index in [2.05, 4.69) is 9.79 Å². The van der Waals surface area contributed by atoms with Crippen LogP contribution in [0.25, 0.3) is 6.08 Å². The van der Waals surface area contributed by atoms with Crippen molar-refractivity contribution in [2.75, 3.05) is 20.3 Å². The van der Waals surface area contributed by atoms with Crippen LogP contribution in [0.3, 0.4) is 0 Å². The molecule has 0 amide bonds. The summed E-state index contributed by atoms with van der Waals surface area (Å²) in [6.07, 6.45) is 2.83. The SMILES string of the molecule is COc1cccc(OCCOc2no[n+]([O-])c2S(=O)(=O)c2ccccc2)c1C(=O)C=Cc1ccc(F)cc1. The zero-order valence-electron chi connectivity index (χ0n) is 19.9. The highest BCUT2D eigenvalue weighted by Crippen LogP contribution is 2.30. The topological polar surface area (TPSA) is 132 Å². The van der Waals surface area contributed by atoms with E-state index in [0.29, 0.717) is 5.56 Å². The molecule has 0 aliphatic carbocycles. The number of sulfone groups is 1. The van der Waals surface area contributed by atoms with Crippen LogP contribution in [0, 0.1) is 11.0 Å². The lowest BCUT2D eigenvalue weighted by Gasteiger charge is -2.13. The van der Waals surface area contributed by atoms with Crippen molar-refractivity contribution in [3.63, 3.8) is 0 Å². The quantitative estimate of drug-likeness (QED) is 0.121. The third-order valence-corrected chi connectivity index (χ3v) is 6.91. The molecule has 0 saturated carbocycles. The molecule has 4 rings (SSSR count). The van der Waals surface area contributed by atoms with Gasteiger partial charge in [0.2, 0.25) is 0 Å². The molecule has 0 unspecified atom stereocenters. The van der Waals surface area contributed by atoms with Crippen LogP contribution in [0.15, 0.2) is 93.4 Å². The van der Waals surface area contributed by atoms with Crippen molar-refractivity contribution in [1.82, 2.24) is 5.16 Å². The van der Waals surface area contributed by atoms with Gasteiger partial charge in [0.25, 0.3) is 9.84 Å². The smallest absolute Gasteiger partial charge is 0.415 e. The van der Waals surface area contributed by atoms with Crippen LogP contribution in [-0.2, 0) is 9.84 Å². The van der Waals surface area contributed by atoms with Crippen molar-refractivity contribution in [2.45, 2.75) is 9.92 Å². The van der Waals surface area contributed by atoms with Crippen molar-refractivity contribution in [1.29, 1.82) is 0 Å². The fourth-order valence-electron chi connectivity index (χ4n) is 3.40. The molecular weight excluding hydrogens is 519 g/mol. The lowest BCUT2D eigenvalue weighted by molar-refractivity contribution is -0.832. The molecule has 0 saturated heterocycles. The van der Waals surface area contributed by atoms with Crippen molar-refractivity contribution in [2.24, 2.45) is 0 Å². The van der Waals surface area contributed by atoms with E-state index >= 15 is 0 Å². The lowest BCUT2D eigenvalue weighted by Crippen LogP contribution is -2.31. The Balaban J connectivity index is 1.47. The minimum Gasteiger partial charge on any atom is -0.496 e. The number of nitrogens with zero attached hydrogens (tertiary/aromatic N) is 2. The number of ketones is 1. The van der Waals surface area contributed by atoms with E-state index in [0.717, 1.165) is 0 Å². The van der Waals surface area contributed by atoms with E-state index in [1.165, 1.54) is 67.8 Å². The fraction of sp³-hybridized carbons (Fsp3) is 0.115. The summed E-state index contributed by atoms with van der Waals surface area (Å²) < 4.78 is 59.7. The average Bonchev–Trinajstić information content (AvgIpc) is 3.31. The van der Waals surface area contributed by atoms with Gasteiger partial charge in [-0.3, -0.25) is 9.42 Å². The van der Waals surface area contributed by atoms with Gasteiger partial charge in [-0.2, -0.15) is 0 Å². The Morgan fingerprint density at radius 1 is 1.00 bits per heavy atom. The Hall–Kier alpha value is -4.71. The molecule has 196 valence electrons. The molecule has 0 aliphatic rings. The molecule has 38 heavy (non-hydrogen) atoms. The average molecular weight is 541 g/mol. The molecule has 0 fully saturated rings. The van der Waals surface area contributed by atoms with Crippen LogP contribution in [0.2, 0.25) is 0 Å². The van der Waals surface area contributed by atoms with Gasteiger partial charge >= 0.3 is 10.9 Å². The Bertz CT molecular complexity index is 1550. The highest BCUT2D eigenvalue weighted by atomic mass is 32.2. The first-order chi connectivity index (χ1) is 18.3. The first kappa shape index (κ1) is 26.4. The number of hydrogen-bond acceptors (Lipinski definition) is 9. The molecule has 12 heteroatoms. The number of ether oxygens (including phenoxy) is 3. The second-order valence-corrected chi connectivity index (χ2v) is 9.50. The predicted octanol–water partition coefficient (Wildman–Crippen LogP) is 3.64. The van der Waals surface area contributed by atoms with Crippen molar-refractivity contribution in [3.05, 3.63) is 101 Å². The number of halogens is 1. The summed E-state index contributed by atoms with van der Waals surface area (Å²) in [5, 5.41) is 14.6. The molecule has 0 radical (unpaired) electrons. The standard InChI is InChI=1S/C26H21FN2O8S/c1-34-22-8-5-9-23(24(22)21(30)15-12-18-10-13-19(27)14-11-18)35-16-17-36-25-26(29(31)37-28-25)38(32,33)20-6-3-2-4-7-20/h2-15H,16-17H2,1H3. The van der Waals surface area contributed by atoms with Crippen molar-refractivity contribution < 1.29 is 41.3 Å². The number of allylic oxidation sites excluding steroid dienone is 1. The first-order valence-corrected chi connectivity index (χ1v) is 12.6. The number of rotatable bonds is 11. The summed E-state index contributed by atoms with van der Waals surface area (Å²) in [5.74, 6) is -0.911. The van der Waals surface area contributed by atoms with Crippen LogP contribution >= 0.6 is 0 Å². The van der Waals surface area contributed by atoms with E-state index in [4.69, 9.17) is 14.2 Å². The van der Waals surface area contributed by atoms with Crippen LogP contribution < -0.4 is 19.1 Å². The van der Waals surface area contributed by atoms with E-state index in [9.17, 15) is 22.8 Å². The minimum absolute atomic E-state index is 0.137. The van der Waals surface area contributed by atoms with Crippen molar-refractivity contribution in [3.8, 4) is 17.4 Å². The van der Waals surface area contributed by atoms with Crippen LogP contribution in [-0.4, -0.2) is 39.7 Å². The summed E-state index contributed by atoms with van der Waals surface area (Å²) in [5.41, 5.74) is 0.759. The number of benzene rings is 3. The highest BCUT2D eigenvalue weighted by molar-refractivity contribution is 7.91. The zero-order chi connectivity index (χ0) is 27.1. The van der Waals surface area contributed by atoms with Crippen LogP contribution in [0.5, 0.6) is 17.4 Å². The molecule has 0 aliphatic heterocycles. The maximum absolute atomic E-state index is 13.1. The van der Waals surface area contributed by atoms with Gasteiger partial charge in [0.1, 0.15) is 36.1 Å². The molecule has 1 aromatic heterocycles. The summed E-state index contributed by atoms with van der Waals surface area (Å²) >= 11 is 0. The molecule has 3 aromatic carbocycles. The fourth-order valence-corrected chi connectivity index (χ4v) is 4.70. The summed E-state index contributed by atoms with van der Waals surface area (Å²) in [7, 11) is -2.86. The number of hydrogen-bond donors (Lipinski definition) is 0. The molecule has 10 nitrogen and oxygen atoms in total. The highest BCUT2D eigenvalue weighted by Gasteiger charge is 2.35. The minimum atomic E-state index is -4.27. The van der Waals surface area contributed by atoms with Crippen LogP contribution in [0.1, 0.15) is 15.9 Å². The first-order valence-electron chi connectivity index (χ1n) is 11.1. The normalized spacial score (nSPS) is 11.4. The van der Waals surface area contributed by atoms with Gasteiger partial charge in [0.05, 0.1) is 17.2 Å². The molecule has 1 heterocycles. The van der Waals surface area contributed by atoms with Gasteiger partial charge < -0.3 is 19.4 Å². The molecule has 0 N–H and O–H groups in total. The maximum atomic E-state index is 13.1. The molecule has 0 spiro atoms. The van der Waals surface area contributed by atoms with E-state index in [-0.39, 0.29) is 40.1 Å². The summed E-state index contributed by atoms with van der Waals surface area (Å²) in [6.45, 7) is -0.383. The van der Waals surface area contributed by atoms with Crippen LogP contribution in [0.4, 0.5) is 4.39 Å². The number of carbonyl (C=O) groups is 1. The van der Waals surface area contributed by atoms with E-state index in [1.807, 2.05) is 0 Å². The number of methoxy groups -OCH3 is 1. The third-order valence-electron chi connectivity index (χ3n) is 5.19. The van der Waals surface area contributed by atoms with Gasteiger partial charge in [-0.25, -0.2) is 12.8 Å². The Morgan fingerprint density at radius 3 is 2.39 bits per heavy atom. The number of aromatic nitrogens is 2. The maximum Gasteiger partial charge on any atom is 0.415 e. The Labute approximate surface area is 216 Å². The van der Waals surface area contributed by atoms with Gasteiger partial charge in [0.15, 0.2) is 5.78 Å².